The number of likely N-dealkylation sites (N-methyl/N-ethyl adjacent to an activating group) is 1. The van der Waals surface area contributed by atoms with Crippen molar-refractivity contribution < 1.29 is 4.39 Å². The van der Waals surface area contributed by atoms with E-state index in [0.717, 1.165) is 16.7 Å². The Hall–Kier alpha value is -1.45. The largest absolute Gasteiger partial charge is 0.313 e. The molecule has 1 N–H and O–H groups in total. The summed E-state index contributed by atoms with van der Waals surface area (Å²) in [5.74, 6) is -0.313. The van der Waals surface area contributed by atoms with Gasteiger partial charge in [-0.2, -0.15) is 0 Å². The Morgan fingerprint density at radius 2 is 2.11 bits per heavy atom. The Labute approximate surface area is 117 Å². The zero-order chi connectivity index (χ0) is 13.8. The number of benzene rings is 1. The van der Waals surface area contributed by atoms with Crippen LogP contribution in [0.25, 0.3) is 0 Å². The summed E-state index contributed by atoms with van der Waals surface area (Å²) in [5, 5.41) is 3.70. The minimum Gasteiger partial charge on any atom is -0.313 e. The molecule has 4 heteroatoms. The van der Waals surface area contributed by atoms with Gasteiger partial charge in [0.05, 0.1) is 0 Å². The lowest BCUT2D eigenvalue weighted by Crippen LogP contribution is -2.19. The third-order valence-electron chi connectivity index (χ3n) is 3.09. The highest BCUT2D eigenvalue weighted by Crippen LogP contribution is 2.24. The molecule has 0 bridgehead atoms. The number of nitrogens with zero attached hydrogens (tertiary/aromatic N) is 1. The first-order valence-electron chi connectivity index (χ1n) is 6.13. The van der Waals surface area contributed by atoms with Gasteiger partial charge in [0, 0.05) is 23.5 Å². The summed E-state index contributed by atoms with van der Waals surface area (Å²) in [6, 6.07) is 6.70. The van der Waals surface area contributed by atoms with Crippen molar-refractivity contribution in [1.82, 2.24) is 10.3 Å². The molecule has 0 aliphatic heterocycles. The average molecular weight is 279 g/mol. The molecule has 2 nitrogen and oxygen atoms in total. The van der Waals surface area contributed by atoms with Crippen molar-refractivity contribution in [2.45, 2.75) is 19.4 Å². The predicted molar refractivity (Wildman–Crippen MR) is 75.9 cm³/mol. The van der Waals surface area contributed by atoms with Crippen molar-refractivity contribution in [2.24, 2.45) is 0 Å². The number of rotatable bonds is 4. The summed E-state index contributed by atoms with van der Waals surface area (Å²) in [4.78, 5) is 4.20. The molecule has 1 heterocycles. The van der Waals surface area contributed by atoms with E-state index in [2.05, 4.69) is 16.4 Å². The van der Waals surface area contributed by atoms with Crippen LogP contribution >= 0.6 is 11.6 Å². The van der Waals surface area contributed by atoms with Gasteiger partial charge in [-0.1, -0.05) is 23.7 Å². The quantitative estimate of drug-likeness (QED) is 0.923. The first-order valence-corrected chi connectivity index (χ1v) is 6.50. The molecule has 0 aliphatic carbocycles. The highest BCUT2D eigenvalue weighted by atomic mass is 35.5. The third kappa shape index (κ3) is 3.52. The van der Waals surface area contributed by atoms with Crippen molar-refractivity contribution in [3.63, 3.8) is 0 Å². The summed E-state index contributed by atoms with van der Waals surface area (Å²) >= 11 is 6.07. The zero-order valence-corrected chi connectivity index (χ0v) is 11.7. The SMILES string of the molecule is CNC(Cc1ccc(F)cc1Cl)c1cncc(C)c1. The lowest BCUT2D eigenvalue weighted by molar-refractivity contribution is 0.586. The maximum absolute atomic E-state index is 13.0. The second kappa shape index (κ2) is 6.13. The monoisotopic (exact) mass is 278 g/mol. The molecule has 0 aliphatic rings. The number of nitrogens with one attached hydrogen (secondary N) is 1. The minimum atomic E-state index is -0.313. The van der Waals surface area contributed by atoms with Gasteiger partial charge in [0.25, 0.3) is 0 Å². The fourth-order valence-corrected chi connectivity index (χ4v) is 2.31. The molecule has 0 saturated carbocycles. The van der Waals surface area contributed by atoms with Gasteiger partial charge < -0.3 is 5.32 Å². The van der Waals surface area contributed by atoms with Crippen molar-refractivity contribution >= 4 is 11.6 Å². The first kappa shape index (κ1) is 14.0. The number of pyridine rings is 1. The summed E-state index contributed by atoms with van der Waals surface area (Å²) in [6.07, 6.45) is 4.35. The van der Waals surface area contributed by atoms with E-state index in [9.17, 15) is 4.39 Å². The standard InChI is InChI=1S/C15H16ClFN2/c1-10-5-12(9-19-8-10)15(18-2)6-11-3-4-13(17)7-14(11)16/h3-5,7-9,15,18H,6H2,1-2H3. The fraction of sp³-hybridized carbons (Fsp3) is 0.267. The number of halogens is 2. The Kier molecular flexibility index (Phi) is 4.51. The highest BCUT2D eigenvalue weighted by Gasteiger charge is 2.13. The predicted octanol–water partition coefficient (Wildman–Crippen LogP) is 3.69. The number of hydrogen-bond acceptors (Lipinski definition) is 2. The Morgan fingerprint density at radius 3 is 2.74 bits per heavy atom. The summed E-state index contributed by atoms with van der Waals surface area (Å²) in [6.45, 7) is 2.01. The van der Waals surface area contributed by atoms with Crippen molar-refractivity contribution in [3.05, 3.63) is 64.2 Å². The van der Waals surface area contributed by atoms with Crippen molar-refractivity contribution in [3.8, 4) is 0 Å². The molecule has 1 unspecified atom stereocenters. The van der Waals surface area contributed by atoms with E-state index in [0.29, 0.717) is 11.4 Å². The maximum atomic E-state index is 13.0. The van der Waals surface area contributed by atoms with Crippen LogP contribution in [0.15, 0.2) is 36.7 Å². The van der Waals surface area contributed by atoms with Crippen LogP contribution in [-0.2, 0) is 6.42 Å². The second-order valence-electron chi connectivity index (χ2n) is 4.58. The zero-order valence-electron chi connectivity index (χ0n) is 11.0. The molecule has 0 amide bonds. The molecular formula is C15H16ClFN2. The molecule has 0 fully saturated rings. The topological polar surface area (TPSA) is 24.9 Å². The van der Waals surface area contributed by atoms with Crippen LogP contribution in [0.4, 0.5) is 4.39 Å². The Bertz CT molecular complexity index is 572. The van der Waals surface area contributed by atoms with Crippen LogP contribution in [0.1, 0.15) is 22.7 Å². The molecule has 1 aromatic carbocycles. The van der Waals surface area contributed by atoms with E-state index in [4.69, 9.17) is 11.6 Å². The van der Waals surface area contributed by atoms with E-state index in [1.54, 1.807) is 6.07 Å². The van der Waals surface area contributed by atoms with Crippen LogP contribution in [-0.4, -0.2) is 12.0 Å². The van der Waals surface area contributed by atoms with Crippen LogP contribution in [0.5, 0.6) is 0 Å². The van der Waals surface area contributed by atoms with Gasteiger partial charge in [0.15, 0.2) is 0 Å². The molecule has 1 atom stereocenters. The molecular weight excluding hydrogens is 263 g/mol. The number of hydrogen-bond donors (Lipinski definition) is 1. The average Bonchev–Trinajstić information content (AvgIpc) is 2.38. The van der Waals surface area contributed by atoms with Gasteiger partial charge in [-0.3, -0.25) is 4.98 Å². The molecule has 0 radical (unpaired) electrons. The minimum absolute atomic E-state index is 0.107. The van der Waals surface area contributed by atoms with Crippen LogP contribution < -0.4 is 5.32 Å². The van der Waals surface area contributed by atoms with Crippen LogP contribution in [0, 0.1) is 12.7 Å². The normalized spacial score (nSPS) is 12.4. The van der Waals surface area contributed by atoms with Crippen molar-refractivity contribution in [1.29, 1.82) is 0 Å². The number of aryl methyl sites for hydroxylation is 1. The van der Waals surface area contributed by atoms with Gasteiger partial charge in [0.1, 0.15) is 5.82 Å². The second-order valence-corrected chi connectivity index (χ2v) is 4.98. The molecule has 0 spiro atoms. The Morgan fingerprint density at radius 1 is 1.32 bits per heavy atom. The summed E-state index contributed by atoms with van der Waals surface area (Å²) in [7, 11) is 1.89. The molecule has 100 valence electrons. The van der Waals surface area contributed by atoms with Crippen LogP contribution in [0.2, 0.25) is 5.02 Å². The lowest BCUT2D eigenvalue weighted by Gasteiger charge is -2.17. The van der Waals surface area contributed by atoms with E-state index in [1.807, 2.05) is 26.4 Å². The summed E-state index contributed by atoms with van der Waals surface area (Å²) < 4.78 is 13.0. The van der Waals surface area contributed by atoms with E-state index in [1.165, 1.54) is 12.1 Å². The molecule has 0 saturated heterocycles. The van der Waals surface area contributed by atoms with Gasteiger partial charge in [-0.15, -0.1) is 0 Å². The van der Waals surface area contributed by atoms with Gasteiger partial charge >= 0.3 is 0 Å². The van der Waals surface area contributed by atoms with E-state index >= 15 is 0 Å². The number of aromatic nitrogens is 1. The highest BCUT2D eigenvalue weighted by molar-refractivity contribution is 6.31. The molecule has 19 heavy (non-hydrogen) atoms. The smallest absolute Gasteiger partial charge is 0.124 e. The Balaban J connectivity index is 2.24. The fourth-order valence-electron chi connectivity index (χ4n) is 2.06. The van der Waals surface area contributed by atoms with Crippen molar-refractivity contribution in [2.75, 3.05) is 7.05 Å². The van der Waals surface area contributed by atoms with E-state index < -0.39 is 0 Å². The molecule has 2 aromatic rings. The van der Waals surface area contributed by atoms with Crippen LogP contribution in [0.3, 0.4) is 0 Å². The maximum Gasteiger partial charge on any atom is 0.124 e. The third-order valence-corrected chi connectivity index (χ3v) is 3.44. The molecule has 2 rings (SSSR count). The lowest BCUT2D eigenvalue weighted by atomic mass is 9.99. The van der Waals surface area contributed by atoms with Gasteiger partial charge in [-0.05, 0) is 49.2 Å². The summed E-state index contributed by atoms with van der Waals surface area (Å²) in [5.41, 5.74) is 3.13. The van der Waals surface area contributed by atoms with Gasteiger partial charge in [-0.25, -0.2) is 4.39 Å². The first-order chi connectivity index (χ1) is 9.10. The van der Waals surface area contributed by atoms with E-state index in [-0.39, 0.29) is 11.9 Å². The molecule has 1 aromatic heterocycles. The van der Waals surface area contributed by atoms with Gasteiger partial charge in [0.2, 0.25) is 0 Å².